The first-order chi connectivity index (χ1) is 17.3. The van der Waals surface area contributed by atoms with E-state index in [1.165, 1.54) is 0 Å². The monoisotopic (exact) mass is 527 g/mol. The second-order valence-corrected chi connectivity index (χ2v) is 10.1. The number of carbonyl (C=O) groups is 1. The zero-order valence-corrected chi connectivity index (χ0v) is 21.6. The van der Waals surface area contributed by atoms with Gasteiger partial charge in [0.1, 0.15) is 0 Å². The Balaban J connectivity index is 1.49. The van der Waals surface area contributed by atoms with E-state index in [1.54, 1.807) is 14.7 Å². The van der Waals surface area contributed by atoms with Crippen molar-refractivity contribution in [1.82, 2.24) is 34.9 Å². The molecule has 4 heterocycles. The van der Waals surface area contributed by atoms with Crippen LogP contribution in [0.5, 0.6) is 0 Å². The Morgan fingerprint density at radius 2 is 1.95 bits per heavy atom. The highest BCUT2D eigenvalue weighted by atomic mass is 19.4. The van der Waals surface area contributed by atoms with Crippen LogP contribution in [0, 0.1) is 5.82 Å². The lowest BCUT2D eigenvalue weighted by molar-refractivity contribution is -0.140. The standard InChI is InChI=1S/C23H33F4N9O/c1-6-28-20-29-9-16(24)19(31-20)30-18-15-12-36(22(4,5)17(15)32-33-18)21(37)35-11-13(2)34(10-14(35)3)8-7-23(25,26)27/h9,13-14H,6-8,10-12H2,1-5H3,(H3,28,29,30,31,32,33)/t13-,14+/m1/s1. The van der Waals surface area contributed by atoms with Crippen molar-refractivity contribution in [2.45, 2.75) is 71.4 Å². The minimum absolute atomic E-state index is 0.0414. The van der Waals surface area contributed by atoms with Crippen LogP contribution < -0.4 is 10.6 Å². The maximum absolute atomic E-state index is 14.4. The van der Waals surface area contributed by atoms with Crippen LogP contribution in [0.2, 0.25) is 0 Å². The summed E-state index contributed by atoms with van der Waals surface area (Å²) >= 11 is 0. The molecule has 14 heteroatoms. The Kier molecular flexibility index (Phi) is 7.23. The van der Waals surface area contributed by atoms with Gasteiger partial charge in [-0.15, -0.1) is 0 Å². The molecule has 0 bridgehead atoms. The van der Waals surface area contributed by atoms with Crippen LogP contribution in [0.4, 0.5) is 39.9 Å². The summed E-state index contributed by atoms with van der Waals surface area (Å²) in [4.78, 5) is 27.0. The lowest BCUT2D eigenvalue weighted by Gasteiger charge is -2.46. The highest BCUT2D eigenvalue weighted by molar-refractivity contribution is 5.78. The number of aromatic amines is 1. The molecule has 0 aliphatic carbocycles. The third-order valence-corrected chi connectivity index (χ3v) is 7.06. The fraction of sp³-hybridized carbons (Fsp3) is 0.652. The van der Waals surface area contributed by atoms with Crippen molar-refractivity contribution in [2.75, 3.05) is 36.8 Å². The lowest BCUT2D eigenvalue weighted by atomic mass is 10.0. The summed E-state index contributed by atoms with van der Waals surface area (Å²) < 4.78 is 52.6. The SMILES string of the molecule is CCNc1ncc(F)c(Nc2n[nH]c3c2CN(C(=O)N2C[C@@H](C)N(CCC(F)(F)F)C[C@@H]2C)C3(C)C)n1. The number of urea groups is 1. The van der Waals surface area contributed by atoms with Gasteiger partial charge in [-0.3, -0.25) is 10.00 Å². The van der Waals surface area contributed by atoms with E-state index in [1.807, 2.05) is 34.6 Å². The van der Waals surface area contributed by atoms with Crippen LogP contribution in [-0.4, -0.2) is 85.3 Å². The molecule has 10 nitrogen and oxygen atoms in total. The molecule has 0 radical (unpaired) electrons. The van der Waals surface area contributed by atoms with Crippen molar-refractivity contribution in [3.63, 3.8) is 0 Å². The Labute approximate surface area is 212 Å². The zero-order chi connectivity index (χ0) is 27.1. The Morgan fingerprint density at radius 1 is 1.22 bits per heavy atom. The van der Waals surface area contributed by atoms with Gasteiger partial charge in [0.25, 0.3) is 0 Å². The number of alkyl halides is 3. The molecule has 2 aliphatic rings. The minimum atomic E-state index is -4.22. The van der Waals surface area contributed by atoms with E-state index in [9.17, 15) is 22.4 Å². The number of rotatable bonds is 6. The van der Waals surface area contributed by atoms with Gasteiger partial charge in [0.05, 0.1) is 30.4 Å². The number of carbonyl (C=O) groups excluding carboxylic acids is 1. The third-order valence-electron chi connectivity index (χ3n) is 7.06. The third kappa shape index (κ3) is 5.43. The van der Waals surface area contributed by atoms with E-state index in [0.717, 1.165) is 6.20 Å². The lowest BCUT2D eigenvalue weighted by Crippen LogP contribution is -2.61. The summed E-state index contributed by atoms with van der Waals surface area (Å²) in [6.45, 7) is 10.7. The molecule has 2 aromatic rings. The van der Waals surface area contributed by atoms with E-state index in [0.29, 0.717) is 36.7 Å². The summed E-state index contributed by atoms with van der Waals surface area (Å²) in [5.74, 6) is -0.0555. The first-order valence-electron chi connectivity index (χ1n) is 12.3. The fourth-order valence-corrected chi connectivity index (χ4v) is 4.94. The molecule has 2 aromatic heterocycles. The number of amides is 2. The van der Waals surface area contributed by atoms with Gasteiger partial charge in [-0.2, -0.15) is 23.3 Å². The summed E-state index contributed by atoms with van der Waals surface area (Å²) in [6.07, 6.45) is -4.03. The topological polar surface area (TPSA) is 105 Å². The summed E-state index contributed by atoms with van der Waals surface area (Å²) in [5, 5.41) is 13.1. The number of anilines is 3. The van der Waals surface area contributed by atoms with Crippen molar-refractivity contribution in [3.8, 4) is 0 Å². The van der Waals surface area contributed by atoms with Gasteiger partial charge in [-0.05, 0) is 34.6 Å². The molecule has 0 aromatic carbocycles. The second-order valence-electron chi connectivity index (χ2n) is 10.1. The Hall–Kier alpha value is -3.16. The number of hydrogen-bond acceptors (Lipinski definition) is 7. The van der Waals surface area contributed by atoms with Crippen LogP contribution in [0.15, 0.2) is 6.20 Å². The Morgan fingerprint density at radius 3 is 2.62 bits per heavy atom. The maximum atomic E-state index is 14.4. The van der Waals surface area contributed by atoms with Crippen LogP contribution in [0.25, 0.3) is 0 Å². The fourth-order valence-electron chi connectivity index (χ4n) is 4.94. The predicted octanol–water partition coefficient (Wildman–Crippen LogP) is 4.03. The molecule has 4 rings (SSSR count). The van der Waals surface area contributed by atoms with Gasteiger partial charge in [-0.1, -0.05) is 0 Å². The van der Waals surface area contributed by atoms with E-state index in [4.69, 9.17) is 0 Å². The number of hydrogen-bond donors (Lipinski definition) is 3. The van der Waals surface area contributed by atoms with Crippen LogP contribution in [-0.2, 0) is 12.1 Å². The maximum Gasteiger partial charge on any atom is 0.390 e. The molecule has 2 aliphatic heterocycles. The number of aromatic nitrogens is 4. The van der Waals surface area contributed by atoms with E-state index >= 15 is 0 Å². The summed E-state index contributed by atoms with van der Waals surface area (Å²) in [7, 11) is 0. The second kappa shape index (κ2) is 9.95. The molecule has 0 saturated carbocycles. The molecular weight excluding hydrogens is 494 g/mol. The van der Waals surface area contributed by atoms with Gasteiger partial charge < -0.3 is 20.4 Å². The minimum Gasteiger partial charge on any atom is -0.354 e. The predicted molar refractivity (Wildman–Crippen MR) is 130 cm³/mol. The van der Waals surface area contributed by atoms with E-state index in [2.05, 4.69) is 30.8 Å². The molecule has 1 saturated heterocycles. The van der Waals surface area contributed by atoms with Gasteiger partial charge in [0.15, 0.2) is 17.5 Å². The molecule has 1 fully saturated rings. The normalized spacial score (nSPS) is 21.8. The van der Waals surface area contributed by atoms with Crippen molar-refractivity contribution in [3.05, 3.63) is 23.3 Å². The van der Waals surface area contributed by atoms with Gasteiger partial charge in [0, 0.05) is 43.8 Å². The highest BCUT2D eigenvalue weighted by Gasteiger charge is 2.47. The number of H-pyrrole nitrogens is 1. The molecule has 204 valence electrons. The van der Waals surface area contributed by atoms with Crippen molar-refractivity contribution in [2.24, 2.45) is 0 Å². The van der Waals surface area contributed by atoms with E-state index in [-0.39, 0.29) is 43.0 Å². The highest BCUT2D eigenvalue weighted by Crippen LogP contribution is 2.42. The quantitative estimate of drug-likeness (QED) is 0.487. The average molecular weight is 528 g/mol. The average Bonchev–Trinajstić information content (AvgIpc) is 3.33. The largest absolute Gasteiger partial charge is 0.390 e. The van der Waals surface area contributed by atoms with Gasteiger partial charge in [0.2, 0.25) is 5.95 Å². The van der Waals surface area contributed by atoms with Crippen molar-refractivity contribution >= 4 is 23.6 Å². The number of piperazine rings is 1. The molecule has 2 atom stereocenters. The van der Waals surface area contributed by atoms with E-state index < -0.39 is 24.0 Å². The van der Waals surface area contributed by atoms with Crippen molar-refractivity contribution < 1.29 is 22.4 Å². The zero-order valence-electron chi connectivity index (χ0n) is 21.6. The smallest absolute Gasteiger partial charge is 0.354 e. The van der Waals surface area contributed by atoms with Crippen LogP contribution in [0.3, 0.4) is 0 Å². The Bertz CT molecular complexity index is 1140. The molecular formula is C23H33F4N9O. The summed E-state index contributed by atoms with van der Waals surface area (Å²) in [6, 6.07) is -0.684. The molecule has 0 spiro atoms. The summed E-state index contributed by atoms with van der Waals surface area (Å²) in [5.41, 5.74) is 0.689. The first-order valence-corrected chi connectivity index (χ1v) is 12.3. The number of nitrogens with one attached hydrogen (secondary N) is 3. The first kappa shape index (κ1) is 26.9. The van der Waals surface area contributed by atoms with Crippen molar-refractivity contribution in [1.29, 1.82) is 0 Å². The van der Waals surface area contributed by atoms with Crippen LogP contribution >= 0.6 is 0 Å². The molecule has 0 unspecified atom stereocenters. The number of fused-ring (bicyclic) bond motifs is 1. The molecule has 3 N–H and O–H groups in total. The molecule has 2 amide bonds. The number of nitrogens with zero attached hydrogens (tertiary/aromatic N) is 6. The number of halogens is 4. The van der Waals surface area contributed by atoms with Gasteiger partial charge >= 0.3 is 12.2 Å². The molecule has 37 heavy (non-hydrogen) atoms. The van der Waals surface area contributed by atoms with Crippen LogP contribution in [0.1, 0.15) is 52.3 Å². The van der Waals surface area contributed by atoms with Gasteiger partial charge in [-0.25, -0.2) is 14.2 Å².